The first-order valence-corrected chi connectivity index (χ1v) is 1.42. The molecule has 0 spiro atoms. The van der Waals surface area contributed by atoms with Gasteiger partial charge < -0.3 is 0 Å². The second-order valence-electron chi connectivity index (χ2n) is 0.716. The number of halogens is 3. The molecule has 6 heavy (non-hydrogen) atoms. The Labute approximate surface area is 33.2 Å². The van der Waals surface area contributed by atoms with Crippen molar-refractivity contribution < 1.29 is 13.4 Å². The van der Waals surface area contributed by atoms with Gasteiger partial charge in [0.1, 0.15) is 6.67 Å². The van der Waals surface area contributed by atoms with Crippen LogP contribution in [0.2, 0.25) is 0 Å². The average molecular weight is 99.1 g/mol. The van der Waals surface area contributed by atoms with Crippen molar-refractivity contribution in [2.24, 2.45) is 0 Å². The van der Waals surface area contributed by atoms with E-state index in [2.05, 4.69) is 0 Å². The quantitative estimate of drug-likeness (QED) is 0.467. The highest BCUT2D eigenvalue weighted by atomic mass is 19.4. The number of rotatable bonds is 2. The highest BCUT2D eigenvalue weighted by Gasteiger charge is 1.93. The van der Waals surface area contributed by atoms with Crippen LogP contribution < -0.4 is 0 Å². The van der Waals surface area contributed by atoms with Crippen molar-refractivity contribution in [3.05, 3.63) is 0 Å². The van der Waals surface area contributed by atoms with E-state index in [1.807, 2.05) is 0 Å². The average Bonchev–Trinajstić information content (AvgIpc) is 1.35. The van der Waals surface area contributed by atoms with Crippen molar-refractivity contribution in [1.29, 1.82) is 0 Å². The zero-order chi connectivity index (χ0) is 4.99. The summed E-state index contributed by atoms with van der Waals surface area (Å²) >= 11 is 0. The fraction of sp³-hybridized carbons (Fsp3) is 1.00. The minimum Gasteiger partial charge on any atom is -0.249 e. The molecule has 0 aliphatic rings. The summed E-state index contributed by atoms with van der Waals surface area (Å²) in [5, 5.41) is -1.19. The largest absolute Gasteiger partial charge is 0.249 e. The Morgan fingerprint density at radius 2 is 1.83 bits per heavy atom. The molecule has 0 atom stereocenters. The SMILES string of the molecule is FCCN(F)F. The third-order valence-corrected chi connectivity index (χ3v) is 0.254. The van der Waals surface area contributed by atoms with Gasteiger partial charge in [0.25, 0.3) is 0 Å². The van der Waals surface area contributed by atoms with Crippen molar-refractivity contribution in [3.63, 3.8) is 0 Å². The van der Waals surface area contributed by atoms with Gasteiger partial charge in [0, 0.05) is 5.34 Å². The molecule has 0 amide bonds. The molecule has 1 nitrogen and oxygen atoms in total. The second-order valence-corrected chi connectivity index (χ2v) is 0.716. The summed E-state index contributed by atoms with van der Waals surface area (Å²) in [6, 6.07) is 0. The lowest BCUT2D eigenvalue weighted by atomic mass is 10.8. The predicted molar refractivity (Wildman–Crippen MR) is 14.9 cm³/mol. The van der Waals surface area contributed by atoms with Crippen molar-refractivity contribution in [2.45, 2.75) is 0 Å². The van der Waals surface area contributed by atoms with Gasteiger partial charge in [-0.3, -0.25) is 0 Å². The number of hydrogen-bond acceptors (Lipinski definition) is 1. The monoisotopic (exact) mass is 99.0 g/mol. The van der Waals surface area contributed by atoms with Gasteiger partial charge in [0.2, 0.25) is 0 Å². The van der Waals surface area contributed by atoms with Crippen LogP contribution in [0.15, 0.2) is 0 Å². The van der Waals surface area contributed by atoms with Crippen LogP contribution in [0.4, 0.5) is 13.4 Å². The lowest BCUT2D eigenvalue weighted by Gasteiger charge is -1.89. The first kappa shape index (κ1) is 5.75. The second kappa shape index (κ2) is 2.96. The zero-order valence-corrected chi connectivity index (χ0v) is 3.00. The summed E-state index contributed by atoms with van der Waals surface area (Å²) in [6.07, 6.45) is 0. The molecule has 0 saturated heterocycles. The van der Waals surface area contributed by atoms with Crippen molar-refractivity contribution >= 4 is 0 Å². The van der Waals surface area contributed by atoms with Crippen LogP contribution >= 0.6 is 0 Å². The van der Waals surface area contributed by atoms with E-state index in [1.54, 1.807) is 0 Å². The van der Waals surface area contributed by atoms with Gasteiger partial charge in [0.15, 0.2) is 0 Å². The third kappa shape index (κ3) is 3.75. The molecule has 0 aromatic rings. The molecule has 4 heteroatoms. The Bertz CT molecular complexity index is 30.0. The molecule has 0 heterocycles. The van der Waals surface area contributed by atoms with E-state index < -0.39 is 18.6 Å². The van der Waals surface area contributed by atoms with Crippen LogP contribution in [0, 0.1) is 0 Å². The van der Waals surface area contributed by atoms with Gasteiger partial charge >= 0.3 is 0 Å². The molecule has 0 aliphatic heterocycles. The van der Waals surface area contributed by atoms with Crippen LogP contribution in [-0.2, 0) is 0 Å². The molecular formula is C2H4F3N. The molecule has 0 fully saturated rings. The zero-order valence-electron chi connectivity index (χ0n) is 3.00. The van der Waals surface area contributed by atoms with Gasteiger partial charge in [-0.25, -0.2) is 4.39 Å². The van der Waals surface area contributed by atoms with Gasteiger partial charge in [-0.15, -0.1) is 8.96 Å². The Kier molecular flexibility index (Phi) is 2.84. The Hall–Kier alpha value is -0.250. The molecular weight excluding hydrogens is 95.0 g/mol. The van der Waals surface area contributed by atoms with E-state index in [0.717, 1.165) is 0 Å². The lowest BCUT2D eigenvalue weighted by Crippen LogP contribution is -2.03. The molecule has 0 aromatic carbocycles. The molecule has 38 valence electrons. The first-order chi connectivity index (χ1) is 2.77. The molecule has 0 N–H and O–H groups in total. The van der Waals surface area contributed by atoms with E-state index in [1.165, 1.54) is 0 Å². The summed E-state index contributed by atoms with van der Waals surface area (Å²) in [4.78, 5) is 0. The molecule has 0 bridgehead atoms. The summed E-state index contributed by atoms with van der Waals surface area (Å²) in [7, 11) is 0. The van der Waals surface area contributed by atoms with Crippen molar-refractivity contribution in [1.82, 2.24) is 5.34 Å². The molecule has 0 rings (SSSR count). The van der Waals surface area contributed by atoms with Crippen LogP contribution in [-0.4, -0.2) is 18.6 Å². The molecule has 0 unspecified atom stereocenters. The molecule has 0 aromatic heterocycles. The van der Waals surface area contributed by atoms with Crippen LogP contribution in [0.25, 0.3) is 0 Å². The number of alkyl halides is 1. The molecule has 0 aliphatic carbocycles. The van der Waals surface area contributed by atoms with Gasteiger partial charge in [-0.1, -0.05) is 0 Å². The topological polar surface area (TPSA) is 3.24 Å². The van der Waals surface area contributed by atoms with Crippen LogP contribution in [0.3, 0.4) is 0 Å². The fourth-order valence-electron chi connectivity index (χ4n) is 0.0639. The predicted octanol–water partition coefficient (Wildman–Crippen LogP) is 1.03. The van der Waals surface area contributed by atoms with E-state index in [9.17, 15) is 13.4 Å². The van der Waals surface area contributed by atoms with Crippen LogP contribution in [0.5, 0.6) is 0 Å². The first-order valence-electron chi connectivity index (χ1n) is 1.42. The minimum absolute atomic E-state index is 0.792. The molecule has 0 radical (unpaired) electrons. The minimum atomic E-state index is -1.19. The summed E-state index contributed by atoms with van der Waals surface area (Å²) in [5.41, 5.74) is 0. The fourth-order valence-corrected chi connectivity index (χ4v) is 0.0639. The summed E-state index contributed by atoms with van der Waals surface area (Å²) < 4.78 is 32.0. The van der Waals surface area contributed by atoms with Crippen LogP contribution in [0.1, 0.15) is 0 Å². The normalized spacial score (nSPS) is 10.0. The van der Waals surface area contributed by atoms with Gasteiger partial charge in [-0.05, 0) is 0 Å². The maximum Gasteiger partial charge on any atom is 0.107 e. The van der Waals surface area contributed by atoms with E-state index in [-0.39, 0.29) is 0 Å². The maximum absolute atomic E-state index is 10.7. The Morgan fingerprint density at radius 1 is 1.33 bits per heavy atom. The van der Waals surface area contributed by atoms with E-state index in [4.69, 9.17) is 0 Å². The van der Waals surface area contributed by atoms with E-state index >= 15 is 0 Å². The highest BCUT2D eigenvalue weighted by Crippen LogP contribution is 1.85. The number of nitrogens with zero attached hydrogens (tertiary/aromatic N) is 1. The highest BCUT2D eigenvalue weighted by molar-refractivity contribution is 4.21. The summed E-state index contributed by atoms with van der Waals surface area (Å²) in [6.45, 7) is -1.78. The van der Waals surface area contributed by atoms with Gasteiger partial charge in [0.05, 0.1) is 6.54 Å². The smallest absolute Gasteiger partial charge is 0.107 e. The van der Waals surface area contributed by atoms with Gasteiger partial charge in [-0.2, -0.15) is 0 Å². The number of hydrogen-bond donors (Lipinski definition) is 0. The van der Waals surface area contributed by atoms with E-state index in [0.29, 0.717) is 0 Å². The maximum atomic E-state index is 10.7. The third-order valence-electron chi connectivity index (χ3n) is 0.254. The lowest BCUT2D eigenvalue weighted by molar-refractivity contribution is -0.154. The molecule has 0 saturated carbocycles. The Morgan fingerprint density at radius 3 is 1.83 bits per heavy atom. The standard InChI is InChI=1S/C2H4F3N/c3-1-2-6(4)5/h1-2H2. The summed E-state index contributed by atoms with van der Waals surface area (Å²) in [5.74, 6) is 0. The van der Waals surface area contributed by atoms with Crippen molar-refractivity contribution in [3.8, 4) is 0 Å². The Balaban J connectivity index is 2.63. The van der Waals surface area contributed by atoms with Crippen molar-refractivity contribution in [2.75, 3.05) is 13.2 Å².